The van der Waals surface area contributed by atoms with E-state index in [2.05, 4.69) is 15.9 Å². The lowest BCUT2D eigenvalue weighted by Crippen LogP contribution is -2.46. The van der Waals surface area contributed by atoms with Gasteiger partial charge in [-0.2, -0.15) is 0 Å². The Labute approximate surface area is 120 Å². The predicted molar refractivity (Wildman–Crippen MR) is 73.8 cm³/mol. The zero-order chi connectivity index (χ0) is 13.4. The number of halogens is 2. The van der Waals surface area contributed by atoms with Gasteiger partial charge in [-0.25, -0.2) is 4.39 Å². The molecule has 0 amide bonds. The second kappa shape index (κ2) is 5.38. The van der Waals surface area contributed by atoms with Crippen molar-refractivity contribution in [3.8, 4) is 5.75 Å². The smallest absolute Gasteiger partial charge is 0.124 e. The molecule has 0 spiro atoms. The van der Waals surface area contributed by atoms with E-state index in [1.165, 1.54) is 25.0 Å². The molecule has 2 atom stereocenters. The minimum Gasteiger partial charge on any atom is -0.492 e. The lowest BCUT2D eigenvalue weighted by Gasteiger charge is -2.32. The molecule has 1 aliphatic heterocycles. The van der Waals surface area contributed by atoms with Crippen LogP contribution in [0.4, 0.5) is 4.39 Å². The Hall–Kier alpha value is -0.650. The summed E-state index contributed by atoms with van der Waals surface area (Å²) in [5.74, 6) is 1.06. The van der Waals surface area contributed by atoms with Gasteiger partial charge in [-0.3, -0.25) is 4.90 Å². The van der Waals surface area contributed by atoms with Crippen LogP contribution >= 0.6 is 15.9 Å². The Kier molecular flexibility index (Phi) is 3.78. The highest BCUT2D eigenvalue weighted by atomic mass is 79.9. The monoisotopic (exact) mass is 329 g/mol. The normalized spacial score (nSPS) is 25.3. The minimum atomic E-state index is -0.566. The van der Waals surface area contributed by atoms with E-state index >= 15 is 0 Å². The Morgan fingerprint density at radius 3 is 2.95 bits per heavy atom. The van der Waals surface area contributed by atoms with E-state index in [0.717, 1.165) is 11.3 Å². The Balaban J connectivity index is 1.89. The van der Waals surface area contributed by atoms with E-state index in [1.54, 1.807) is 6.07 Å². The molecule has 5 heteroatoms. The van der Waals surface area contributed by atoms with Gasteiger partial charge < -0.3 is 9.84 Å². The van der Waals surface area contributed by atoms with Crippen molar-refractivity contribution in [3.63, 3.8) is 0 Å². The number of aliphatic hydroxyl groups is 1. The molecule has 0 radical (unpaired) electrons. The van der Waals surface area contributed by atoms with Gasteiger partial charge in [0.15, 0.2) is 0 Å². The van der Waals surface area contributed by atoms with E-state index in [1.807, 2.05) is 4.90 Å². The third kappa shape index (κ3) is 2.78. The molecular weight excluding hydrogens is 313 g/mol. The third-order valence-corrected chi connectivity index (χ3v) is 4.48. The van der Waals surface area contributed by atoms with E-state index < -0.39 is 6.23 Å². The number of ether oxygens (including phenoxy) is 1. The Morgan fingerprint density at radius 2 is 2.26 bits per heavy atom. The molecule has 0 saturated heterocycles. The molecule has 0 aromatic heterocycles. The molecule has 1 aromatic carbocycles. The molecule has 104 valence electrons. The van der Waals surface area contributed by atoms with Crippen LogP contribution in [0.25, 0.3) is 0 Å². The zero-order valence-electron chi connectivity index (χ0n) is 10.6. The van der Waals surface area contributed by atoms with Gasteiger partial charge in [-0.1, -0.05) is 15.9 Å². The van der Waals surface area contributed by atoms with Crippen LogP contribution < -0.4 is 4.74 Å². The summed E-state index contributed by atoms with van der Waals surface area (Å²) in [6.45, 7) is 1.09. The number of rotatable bonds is 3. The van der Waals surface area contributed by atoms with Crippen molar-refractivity contribution >= 4 is 15.9 Å². The van der Waals surface area contributed by atoms with Crippen molar-refractivity contribution < 1.29 is 14.2 Å². The van der Waals surface area contributed by atoms with Crippen LogP contribution in [-0.4, -0.2) is 34.2 Å². The molecule has 1 unspecified atom stereocenters. The number of aliphatic hydroxyl groups excluding tert-OH is 1. The fourth-order valence-electron chi connectivity index (χ4n) is 2.70. The summed E-state index contributed by atoms with van der Waals surface area (Å²) in [4.78, 5) is 2.03. The summed E-state index contributed by atoms with van der Waals surface area (Å²) in [7, 11) is 0. The van der Waals surface area contributed by atoms with E-state index in [-0.39, 0.29) is 11.9 Å². The number of fused-ring (bicyclic) bond motifs is 1. The SMILES string of the molecule is OC(CBr)N1Cc2cc(F)ccc2OC[C@H]1C1CC1. The molecule has 19 heavy (non-hydrogen) atoms. The van der Waals surface area contributed by atoms with Crippen LogP contribution in [0.3, 0.4) is 0 Å². The molecule has 0 bridgehead atoms. The first kappa shape index (κ1) is 13.3. The van der Waals surface area contributed by atoms with Crippen molar-refractivity contribution in [2.45, 2.75) is 31.7 Å². The van der Waals surface area contributed by atoms with Crippen molar-refractivity contribution in [2.75, 3.05) is 11.9 Å². The van der Waals surface area contributed by atoms with Crippen LogP contribution in [0.1, 0.15) is 18.4 Å². The van der Waals surface area contributed by atoms with Gasteiger partial charge in [0, 0.05) is 23.5 Å². The van der Waals surface area contributed by atoms with Crippen LogP contribution in [0.2, 0.25) is 0 Å². The number of hydrogen-bond acceptors (Lipinski definition) is 3. The number of benzene rings is 1. The molecule has 1 saturated carbocycles. The summed E-state index contributed by atoms with van der Waals surface area (Å²) in [6.07, 6.45) is 1.80. The van der Waals surface area contributed by atoms with Gasteiger partial charge in [0.25, 0.3) is 0 Å². The predicted octanol–water partition coefficient (Wildman–Crippen LogP) is 2.51. The van der Waals surface area contributed by atoms with Crippen molar-refractivity contribution in [1.29, 1.82) is 0 Å². The van der Waals surface area contributed by atoms with Gasteiger partial charge in [0.1, 0.15) is 24.4 Å². The van der Waals surface area contributed by atoms with Gasteiger partial charge in [-0.05, 0) is 37.0 Å². The zero-order valence-corrected chi connectivity index (χ0v) is 12.1. The average molecular weight is 330 g/mol. The average Bonchev–Trinajstić information content (AvgIpc) is 3.22. The quantitative estimate of drug-likeness (QED) is 0.865. The van der Waals surface area contributed by atoms with Crippen molar-refractivity contribution in [2.24, 2.45) is 5.92 Å². The Morgan fingerprint density at radius 1 is 1.47 bits per heavy atom. The molecule has 1 aromatic rings. The van der Waals surface area contributed by atoms with Crippen LogP contribution in [0, 0.1) is 11.7 Å². The van der Waals surface area contributed by atoms with Crippen LogP contribution in [-0.2, 0) is 6.54 Å². The number of nitrogens with zero attached hydrogens (tertiary/aromatic N) is 1. The molecule has 1 heterocycles. The highest BCUT2D eigenvalue weighted by Gasteiger charge is 2.39. The van der Waals surface area contributed by atoms with Crippen LogP contribution in [0.15, 0.2) is 18.2 Å². The molecule has 2 aliphatic rings. The van der Waals surface area contributed by atoms with Gasteiger partial charge >= 0.3 is 0 Å². The topological polar surface area (TPSA) is 32.7 Å². The van der Waals surface area contributed by atoms with E-state index in [4.69, 9.17) is 4.74 Å². The third-order valence-electron chi connectivity index (χ3n) is 3.90. The first-order chi connectivity index (χ1) is 9.19. The van der Waals surface area contributed by atoms with Gasteiger partial charge in [-0.15, -0.1) is 0 Å². The molecule has 3 nitrogen and oxygen atoms in total. The standard InChI is InChI=1S/C14H17BrFNO2/c15-6-14(18)17-7-10-5-11(16)3-4-13(10)19-8-12(17)9-1-2-9/h3-5,9,12,14,18H,1-2,6-8H2/t12-,14?/m0/s1. The maximum atomic E-state index is 13.4. The van der Waals surface area contributed by atoms with Crippen molar-refractivity contribution in [1.82, 2.24) is 4.90 Å². The molecule has 1 aliphatic carbocycles. The summed E-state index contributed by atoms with van der Waals surface area (Å²) in [6, 6.07) is 4.81. The van der Waals surface area contributed by atoms with E-state index in [0.29, 0.717) is 24.4 Å². The number of hydrogen-bond donors (Lipinski definition) is 1. The summed E-state index contributed by atoms with van der Waals surface area (Å²) < 4.78 is 19.2. The fraction of sp³-hybridized carbons (Fsp3) is 0.571. The maximum absolute atomic E-state index is 13.4. The molecule has 1 fully saturated rings. The molecule has 3 rings (SSSR count). The lowest BCUT2D eigenvalue weighted by molar-refractivity contribution is -0.0271. The summed E-state index contributed by atoms with van der Waals surface area (Å²) >= 11 is 3.32. The highest BCUT2D eigenvalue weighted by Crippen LogP contribution is 2.39. The highest BCUT2D eigenvalue weighted by molar-refractivity contribution is 9.09. The van der Waals surface area contributed by atoms with Crippen LogP contribution in [0.5, 0.6) is 5.75 Å². The molecular formula is C14H17BrFNO2. The van der Waals surface area contributed by atoms with Gasteiger partial charge in [0.2, 0.25) is 0 Å². The summed E-state index contributed by atoms with van der Waals surface area (Å²) in [5, 5.41) is 10.7. The first-order valence-electron chi connectivity index (χ1n) is 6.60. The molecule has 1 N–H and O–H groups in total. The summed E-state index contributed by atoms with van der Waals surface area (Å²) in [5.41, 5.74) is 0.808. The van der Waals surface area contributed by atoms with Crippen molar-refractivity contribution in [3.05, 3.63) is 29.6 Å². The maximum Gasteiger partial charge on any atom is 0.124 e. The second-order valence-corrected chi connectivity index (χ2v) is 5.92. The largest absolute Gasteiger partial charge is 0.492 e. The lowest BCUT2D eigenvalue weighted by atomic mass is 10.1. The fourth-order valence-corrected chi connectivity index (χ4v) is 3.07. The first-order valence-corrected chi connectivity index (χ1v) is 7.72. The number of alkyl halides is 1. The van der Waals surface area contributed by atoms with E-state index in [9.17, 15) is 9.50 Å². The second-order valence-electron chi connectivity index (χ2n) is 5.28. The minimum absolute atomic E-state index is 0.211. The Bertz CT molecular complexity index is 467. The van der Waals surface area contributed by atoms with Gasteiger partial charge in [0.05, 0.1) is 0 Å².